The van der Waals surface area contributed by atoms with E-state index in [4.69, 9.17) is 15.4 Å². The van der Waals surface area contributed by atoms with E-state index in [2.05, 4.69) is 10.1 Å². The van der Waals surface area contributed by atoms with E-state index >= 15 is 0 Å². The standard InChI is InChI=1S/C8H9N3O2S/c9-5(4-12)7-10-8(13-11-7)6-2-1-3-14-6/h1-3,5,12H,4,9H2. The van der Waals surface area contributed by atoms with Gasteiger partial charge in [0.2, 0.25) is 0 Å². The fourth-order valence-electron chi connectivity index (χ4n) is 0.967. The van der Waals surface area contributed by atoms with Crippen LogP contribution in [0.25, 0.3) is 10.8 Å². The smallest absolute Gasteiger partial charge is 0.268 e. The summed E-state index contributed by atoms with van der Waals surface area (Å²) < 4.78 is 4.99. The van der Waals surface area contributed by atoms with Gasteiger partial charge in [-0.25, -0.2) is 0 Å². The number of aromatic nitrogens is 2. The van der Waals surface area contributed by atoms with Crippen molar-refractivity contribution in [3.63, 3.8) is 0 Å². The van der Waals surface area contributed by atoms with Crippen LogP contribution >= 0.6 is 11.3 Å². The predicted molar refractivity (Wildman–Crippen MR) is 51.6 cm³/mol. The third-order valence-corrected chi connectivity index (χ3v) is 2.56. The Morgan fingerprint density at radius 1 is 1.64 bits per heavy atom. The molecule has 2 rings (SSSR count). The van der Waals surface area contributed by atoms with Crippen LogP contribution in [0.2, 0.25) is 0 Å². The van der Waals surface area contributed by atoms with Gasteiger partial charge in [0.15, 0.2) is 5.82 Å². The molecule has 14 heavy (non-hydrogen) atoms. The molecule has 2 aromatic rings. The van der Waals surface area contributed by atoms with E-state index in [1.807, 2.05) is 17.5 Å². The van der Waals surface area contributed by atoms with E-state index in [0.29, 0.717) is 11.7 Å². The second-order valence-electron chi connectivity index (χ2n) is 2.72. The van der Waals surface area contributed by atoms with Gasteiger partial charge in [0.05, 0.1) is 17.5 Å². The van der Waals surface area contributed by atoms with Gasteiger partial charge >= 0.3 is 0 Å². The lowest BCUT2D eigenvalue weighted by molar-refractivity contribution is 0.260. The van der Waals surface area contributed by atoms with Crippen molar-refractivity contribution in [3.8, 4) is 10.8 Å². The maximum absolute atomic E-state index is 8.78. The normalized spacial score (nSPS) is 13.0. The Labute approximate surface area is 84.2 Å². The van der Waals surface area contributed by atoms with Gasteiger partial charge in [-0.2, -0.15) is 4.98 Å². The summed E-state index contributed by atoms with van der Waals surface area (Å²) in [6.07, 6.45) is 0. The molecule has 0 amide bonds. The molecule has 2 aromatic heterocycles. The molecule has 1 unspecified atom stereocenters. The van der Waals surface area contributed by atoms with Crippen molar-refractivity contribution in [2.75, 3.05) is 6.61 Å². The van der Waals surface area contributed by atoms with Gasteiger partial charge in [-0.05, 0) is 11.4 Å². The summed E-state index contributed by atoms with van der Waals surface area (Å²) in [7, 11) is 0. The first-order chi connectivity index (χ1) is 6.81. The zero-order valence-corrected chi connectivity index (χ0v) is 8.07. The molecular weight excluding hydrogens is 202 g/mol. The summed E-state index contributed by atoms with van der Waals surface area (Å²) in [4.78, 5) is 4.97. The molecule has 0 bridgehead atoms. The van der Waals surface area contributed by atoms with Crippen molar-refractivity contribution in [2.45, 2.75) is 6.04 Å². The molecular formula is C8H9N3O2S. The third kappa shape index (κ3) is 1.67. The van der Waals surface area contributed by atoms with Crippen molar-refractivity contribution >= 4 is 11.3 Å². The molecule has 0 saturated carbocycles. The first-order valence-corrected chi connectivity index (χ1v) is 4.93. The molecule has 0 aliphatic carbocycles. The maximum atomic E-state index is 8.78. The van der Waals surface area contributed by atoms with E-state index in [9.17, 15) is 0 Å². The van der Waals surface area contributed by atoms with Gasteiger partial charge in [0, 0.05) is 0 Å². The first-order valence-electron chi connectivity index (χ1n) is 4.05. The summed E-state index contributed by atoms with van der Waals surface area (Å²) in [6.45, 7) is -0.191. The second kappa shape index (κ2) is 3.87. The molecule has 0 aliphatic rings. The van der Waals surface area contributed by atoms with Gasteiger partial charge < -0.3 is 15.4 Å². The monoisotopic (exact) mass is 211 g/mol. The summed E-state index contributed by atoms with van der Waals surface area (Å²) in [6, 6.07) is 3.20. The first kappa shape index (κ1) is 9.32. The van der Waals surface area contributed by atoms with E-state index in [1.165, 1.54) is 11.3 Å². The number of nitrogens with zero attached hydrogens (tertiary/aromatic N) is 2. The number of rotatable bonds is 3. The molecule has 0 aliphatic heterocycles. The molecule has 3 N–H and O–H groups in total. The van der Waals surface area contributed by atoms with E-state index in [0.717, 1.165) is 4.88 Å². The minimum atomic E-state index is -0.576. The molecule has 5 nitrogen and oxygen atoms in total. The highest BCUT2D eigenvalue weighted by Crippen LogP contribution is 2.23. The van der Waals surface area contributed by atoms with Crippen LogP contribution in [-0.4, -0.2) is 21.9 Å². The molecule has 0 fully saturated rings. The van der Waals surface area contributed by atoms with Crippen molar-refractivity contribution in [2.24, 2.45) is 5.73 Å². The number of nitrogens with two attached hydrogens (primary N) is 1. The number of hydrogen-bond acceptors (Lipinski definition) is 6. The molecule has 1 atom stereocenters. The van der Waals surface area contributed by atoms with Crippen LogP contribution in [0.1, 0.15) is 11.9 Å². The fourth-order valence-corrected chi connectivity index (χ4v) is 1.61. The Morgan fingerprint density at radius 3 is 3.14 bits per heavy atom. The zero-order chi connectivity index (χ0) is 9.97. The lowest BCUT2D eigenvalue weighted by Crippen LogP contribution is -2.15. The van der Waals surface area contributed by atoms with Crippen molar-refractivity contribution < 1.29 is 9.63 Å². The average Bonchev–Trinajstić information content (AvgIpc) is 2.86. The van der Waals surface area contributed by atoms with E-state index in [-0.39, 0.29) is 6.61 Å². The van der Waals surface area contributed by atoms with E-state index in [1.54, 1.807) is 0 Å². The number of hydrogen-bond donors (Lipinski definition) is 2. The van der Waals surface area contributed by atoms with Crippen LogP contribution < -0.4 is 5.73 Å². The zero-order valence-electron chi connectivity index (χ0n) is 7.25. The maximum Gasteiger partial charge on any atom is 0.268 e. The van der Waals surface area contributed by atoms with Crippen LogP contribution in [0.5, 0.6) is 0 Å². The Morgan fingerprint density at radius 2 is 2.50 bits per heavy atom. The van der Waals surface area contributed by atoms with Gasteiger partial charge in [-0.1, -0.05) is 11.2 Å². The predicted octanol–water partition coefficient (Wildman–Crippen LogP) is 0.790. The summed E-state index contributed by atoms with van der Waals surface area (Å²) in [5.74, 6) is 0.773. The molecule has 0 aromatic carbocycles. The van der Waals surface area contributed by atoms with Crippen molar-refractivity contribution in [1.29, 1.82) is 0 Å². The van der Waals surface area contributed by atoms with Crippen LogP contribution in [0.4, 0.5) is 0 Å². The largest absolute Gasteiger partial charge is 0.394 e. The third-order valence-electron chi connectivity index (χ3n) is 1.70. The highest BCUT2D eigenvalue weighted by atomic mass is 32.1. The average molecular weight is 211 g/mol. The topological polar surface area (TPSA) is 85.2 Å². The summed E-state index contributed by atoms with van der Waals surface area (Å²) in [5, 5.41) is 14.4. The molecule has 6 heteroatoms. The van der Waals surface area contributed by atoms with Crippen LogP contribution in [0, 0.1) is 0 Å². The Bertz CT molecular complexity index is 398. The highest BCUT2D eigenvalue weighted by molar-refractivity contribution is 7.13. The molecule has 0 spiro atoms. The minimum absolute atomic E-state index is 0.191. The van der Waals surface area contributed by atoms with Crippen molar-refractivity contribution in [3.05, 3.63) is 23.3 Å². The number of thiophene rings is 1. The molecule has 0 radical (unpaired) electrons. The SMILES string of the molecule is NC(CO)c1noc(-c2cccs2)n1. The summed E-state index contributed by atoms with van der Waals surface area (Å²) >= 11 is 1.51. The van der Waals surface area contributed by atoms with E-state index < -0.39 is 6.04 Å². The van der Waals surface area contributed by atoms with Gasteiger partial charge in [-0.3, -0.25) is 0 Å². The lowest BCUT2D eigenvalue weighted by Gasteiger charge is -1.98. The van der Waals surface area contributed by atoms with Crippen LogP contribution in [0.15, 0.2) is 22.0 Å². The number of aliphatic hydroxyl groups excluding tert-OH is 1. The fraction of sp³-hybridized carbons (Fsp3) is 0.250. The number of aliphatic hydroxyl groups is 1. The Kier molecular flexibility index (Phi) is 2.58. The summed E-state index contributed by atoms with van der Waals surface area (Å²) in [5.41, 5.74) is 5.53. The Hall–Kier alpha value is -1.24. The van der Waals surface area contributed by atoms with Gasteiger partial charge in [0.1, 0.15) is 0 Å². The van der Waals surface area contributed by atoms with Crippen molar-refractivity contribution in [1.82, 2.24) is 10.1 Å². The second-order valence-corrected chi connectivity index (χ2v) is 3.67. The van der Waals surface area contributed by atoms with Gasteiger partial charge in [-0.15, -0.1) is 11.3 Å². The Balaban J connectivity index is 2.26. The quantitative estimate of drug-likeness (QED) is 0.784. The van der Waals surface area contributed by atoms with Gasteiger partial charge in [0.25, 0.3) is 5.89 Å². The molecule has 0 saturated heterocycles. The minimum Gasteiger partial charge on any atom is -0.394 e. The lowest BCUT2D eigenvalue weighted by atomic mass is 10.3. The molecule has 74 valence electrons. The van der Waals surface area contributed by atoms with Crippen LogP contribution in [-0.2, 0) is 0 Å². The molecule has 2 heterocycles. The highest BCUT2D eigenvalue weighted by Gasteiger charge is 2.14. The van der Waals surface area contributed by atoms with Crippen LogP contribution in [0.3, 0.4) is 0 Å².